The van der Waals surface area contributed by atoms with Gasteiger partial charge in [0.1, 0.15) is 6.04 Å². The van der Waals surface area contributed by atoms with Crippen LogP contribution < -0.4 is 10.6 Å². The van der Waals surface area contributed by atoms with Crippen molar-refractivity contribution in [2.45, 2.75) is 33.2 Å². The summed E-state index contributed by atoms with van der Waals surface area (Å²) in [7, 11) is 2.01. The predicted molar refractivity (Wildman–Crippen MR) is 109 cm³/mol. The number of fused-ring (bicyclic) bond motifs is 1. The largest absolute Gasteiger partial charge is 0.354 e. The Morgan fingerprint density at radius 2 is 1.93 bits per heavy atom. The zero-order valence-electron chi connectivity index (χ0n) is 16.0. The second kappa shape index (κ2) is 7.96. The van der Waals surface area contributed by atoms with Crippen molar-refractivity contribution in [2.24, 2.45) is 7.05 Å². The van der Waals surface area contributed by atoms with Gasteiger partial charge in [0.15, 0.2) is 0 Å². The van der Waals surface area contributed by atoms with E-state index in [0.29, 0.717) is 17.5 Å². The fraction of sp³-hybridized carbons (Fsp3) is 0.350. The highest BCUT2D eigenvalue weighted by atomic mass is 35.5. The van der Waals surface area contributed by atoms with Crippen molar-refractivity contribution in [1.82, 2.24) is 19.9 Å². The summed E-state index contributed by atoms with van der Waals surface area (Å²) in [4.78, 5) is 21.0. The summed E-state index contributed by atoms with van der Waals surface area (Å²) in [6, 6.07) is 7.34. The minimum absolute atomic E-state index is 0.0870. The van der Waals surface area contributed by atoms with Gasteiger partial charge < -0.3 is 15.2 Å². The number of hydrogen-bond donors (Lipinski definition) is 2. The monoisotopic (exact) mass is 385 g/mol. The number of aryl methyl sites for hydroxylation is 3. The van der Waals surface area contributed by atoms with E-state index in [4.69, 9.17) is 11.6 Å². The van der Waals surface area contributed by atoms with E-state index in [0.717, 1.165) is 34.3 Å². The molecule has 1 aromatic carbocycles. The summed E-state index contributed by atoms with van der Waals surface area (Å²) in [6.07, 6.45) is 2.81. The quantitative estimate of drug-likeness (QED) is 0.682. The van der Waals surface area contributed by atoms with Crippen LogP contribution in [0.15, 0.2) is 30.5 Å². The van der Waals surface area contributed by atoms with Gasteiger partial charge in [-0.1, -0.05) is 11.6 Å². The number of aromatic nitrogens is 3. The van der Waals surface area contributed by atoms with Crippen molar-refractivity contribution in [3.63, 3.8) is 0 Å². The molecule has 7 heteroatoms. The fourth-order valence-electron chi connectivity index (χ4n) is 3.17. The molecule has 1 atom stereocenters. The normalized spacial score (nSPS) is 12.2. The van der Waals surface area contributed by atoms with Crippen molar-refractivity contribution in [3.8, 4) is 0 Å². The number of nitrogens with zero attached hydrogens (tertiary/aromatic N) is 3. The van der Waals surface area contributed by atoms with Gasteiger partial charge in [-0.3, -0.25) is 4.79 Å². The van der Waals surface area contributed by atoms with Crippen LogP contribution in [-0.4, -0.2) is 33.0 Å². The minimum atomic E-state index is -0.423. The van der Waals surface area contributed by atoms with Gasteiger partial charge in [0, 0.05) is 47.1 Å². The maximum atomic E-state index is 12.4. The van der Waals surface area contributed by atoms with Gasteiger partial charge in [-0.15, -0.1) is 0 Å². The van der Waals surface area contributed by atoms with Crippen molar-refractivity contribution >= 4 is 34.4 Å². The molecule has 0 saturated carbocycles. The van der Waals surface area contributed by atoms with E-state index in [2.05, 4.69) is 31.4 Å². The topological polar surface area (TPSA) is 71.8 Å². The minimum Gasteiger partial charge on any atom is -0.354 e. The molecule has 1 amide bonds. The Kier molecular flexibility index (Phi) is 5.65. The zero-order chi connectivity index (χ0) is 19.6. The van der Waals surface area contributed by atoms with Crippen LogP contribution >= 0.6 is 11.6 Å². The number of carbonyl (C=O) groups excluding carboxylic acids is 1. The first-order valence-electron chi connectivity index (χ1n) is 8.93. The predicted octanol–water partition coefficient (Wildman–Crippen LogP) is 3.40. The standard InChI is InChI=1S/C20H24ClN5O/c1-12-9-13(2)24-20(23-12)25-14(3)19(27)22-8-7-15-11-26(4)18-6-5-16(21)10-17(15)18/h5-6,9-11,14H,7-8H2,1-4H3,(H,22,27)(H,23,24,25). The maximum Gasteiger partial charge on any atom is 0.242 e. The van der Waals surface area contributed by atoms with Crippen LogP contribution in [0.2, 0.25) is 5.02 Å². The Labute approximate surface area is 164 Å². The molecule has 6 nitrogen and oxygen atoms in total. The molecule has 3 aromatic rings. The van der Waals surface area contributed by atoms with E-state index in [9.17, 15) is 4.79 Å². The number of rotatable bonds is 6. The van der Waals surface area contributed by atoms with Crippen LogP contribution in [0.5, 0.6) is 0 Å². The van der Waals surface area contributed by atoms with Gasteiger partial charge in [0.05, 0.1) is 0 Å². The van der Waals surface area contributed by atoms with Crippen molar-refractivity contribution in [1.29, 1.82) is 0 Å². The molecule has 27 heavy (non-hydrogen) atoms. The third kappa shape index (κ3) is 4.57. The summed E-state index contributed by atoms with van der Waals surface area (Å²) in [5.41, 5.74) is 4.02. The lowest BCUT2D eigenvalue weighted by Crippen LogP contribution is -2.39. The van der Waals surface area contributed by atoms with Crippen LogP contribution in [0.1, 0.15) is 23.9 Å². The smallest absolute Gasteiger partial charge is 0.242 e. The SMILES string of the molecule is Cc1cc(C)nc(NC(C)C(=O)NCCc2cn(C)c3ccc(Cl)cc23)n1. The van der Waals surface area contributed by atoms with Crippen molar-refractivity contribution in [2.75, 3.05) is 11.9 Å². The first kappa shape index (κ1) is 19.2. The zero-order valence-corrected chi connectivity index (χ0v) is 16.8. The van der Waals surface area contributed by atoms with Gasteiger partial charge in [-0.05, 0) is 57.0 Å². The van der Waals surface area contributed by atoms with Gasteiger partial charge in [0.2, 0.25) is 11.9 Å². The van der Waals surface area contributed by atoms with Crippen LogP contribution in [0.4, 0.5) is 5.95 Å². The molecular weight excluding hydrogens is 362 g/mol. The average Bonchev–Trinajstić information content (AvgIpc) is 2.89. The number of nitrogens with one attached hydrogen (secondary N) is 2. The molecule has 2 N–H and O–H groups in total. The highest BCUT2D eigenvalue weighted by Gasteiger charge is 2.14. The molecule has 0 fully saturated rings. The first-order chi connectivity index (χ1) is 12.8. The van der Waals surface area contributed by atoms with Gasteiger partial charge >= 0.3 is 0 Å². The van der Waals surface area contributed by atoms with E-state index in [1.54, 1.807) is 6.92 Å². The second-order valence-corrected chi connectivity index (χ2v) is 7.24. The number of amides is 1. The van der Waals surface area contributed by atoms with E-state index in [1.165, 1.54) is 0 Å². The maximum absolute atomic E-state index is 12.4. The van der Waals surface area contributed by atoms with Gasteiger partial charge in [-0.2, -0.15) is 0 Å². The molecule has 1 unspecified atom stereocenters. The number of halogens is 1. The molecule has 0 saturated heterocycles. The summed E-state index contributed by atoms with van der Waals surface area (Å²) >= 11 is 6.13. The summed E-state index contributed by atoms with van der Waals surface area (Å²) in [6.45, 7) is 6.15. The second-order valence-electron chi connectivity index (χ2n) is 6.81. The molecular formula is C20H24ClN5O. The van der Waals surface area contributed by atoms with Crippen LogP contribution in [0.3, 0.4) is 0 Å². The molecule has 0 aliphatic heterocycles. The van der Waals surface area contributed by atoms with Gasteiger partial charge in [-0.25, -0.2) is 9.97 Å². The van der Waals surface area contributed by atoms with Crippen LogP contribution in [-0.2, 0) is 18.3 Å². The lowest BCUT2D eigenvalue weighted by molar-refractivity contribution is -0.121. The number of carbonyl (C=O) groups is 1. The highest BCUT2D eigenvalue weighted by Crippen LogP contribution is 2.24. The lowest BCUT2D eigenvalue weighted by atomic mass is 10.1. The highest BCUT2D eigenvalue weighted by molar-refractivity contribution is 6.31. The van der Waals surface area contributed by atoms with E-state index >= 15 is 0 Å². The molecule has 0 radical (unpaired) electrons. The van der Waals surface area contributed by atoms with E-state index in [1.807, 2.05) is 45.2 Å². The molecule has 0 spiro atoms. The van der Waals surface area contributed by atoms with Gasteiger partial charge in [0.25, 0.3) is 0 Å². The van der Waals surface area contributed by atoms with Crippen LogP contribution in [0.25, 0.3) is 10.9 Å². The fourth-order valence-corrected chi connectivity index (χ4v) is 3.34. The Bertz CT molecular complexity index is 962. The average molecular weight is 386 g/mol. The molecule has 2 aromatic heterocycles. The Morgan fingerprint density at radius 3 is 2.63 bits per heavy atom. The Morgan fingerprint density at radius 1 is 1.22 bits per heavy atom. The molecule has 0 aliphatic carbocycles. The van der Waals surface area contributed by atoms with E-state index in [-0.39, 0.29) is 5.91 Å². The van der Waals surface area contributed by atoms with Crippen LogP contribution in [0, 0.1) is 13.8 Å². The molecule has 3 rings (SSSR count). The summed E-state index contributed by atoms with van der Waals surface area (Å²) in [5.74, 6) is 0.384. The number of hydrogen-bond acceptors (Lipinski definition) is 4. The third-order valence-electron chi connectivity index (χ3n) is 4.45. The van der Waals surface area contributed by atoms with E-state index < -0.39 is 6.04 Å². The third-order valence-corrected chi connectivity index (χ3v) is 4.68. The summed E-state index contributed by atoms with van der Waals surface area (Å²) < 4.78 is 2.07. The molecule has 0 bridgehead atoms. The molecule has 0 aliphatic rings. The number of anilines is 1. The first-order valence-corrected chi connectivity index (χ1v) is 9.31. The molecule has 2 heterocycles. The van der Waals surface area contributed by atoms with Crippen molar-refractivity contribution < 1.29 is 4.79 Å². The summed E-state index contributed by atoms with van der Waals surface area (Å²) in [5, 5.41) is 7.86. The lowest BCUT2D eigenvalue weighted by Gasteiger charge is -2.14. The number of benzene rings is 1. The Hall–Kier alpha value is -2.60. The molecule has 142 valence electrons. The van der Waals surface area contributed by atoms with Crippen molar-refractivity contribution in [3.05, 3.63) is 52.4 Å². The Balaban J connectivity index is 1.58.